The summed E-state index contributed by atoms with van der Waals surface area (Å²) in [7, 11) is 0. The first-order valence-electron chi connectivity index (χ1n) is 11.0. The first kappa shape index (κ1) is 19.8. The molecule has 6 rings (SSSR count). The molecule has 2 bridgehead atoms. The maximum atomic E-state index is 6.69. The van der Waals surface area contributed by atoms with Crippen LogP contribution in [0.3, 0.4) is 0 Å². The number of hydrogen-bond acceptors (Lipinski definition) is 2. The molecule has 0 N–H and O–H groups in total. The van der Waals surface area contributed by atoms with Crippen LogP contribution in [-0.2, 0) is 11.3 Å². The number of halogens is 1. The summed E-state index contributed by atoms with van der Waals surface area (Å²) in [6, 6.07) is 30.3. The van der Waals surface area contributed by atoms with Gasteiger partial charge in [0.1, 0.15) is 0 Å². The summed E-state index contributed by atoms with van der Waals surface area (Å²) in [6.07, 6.45) is 2.65. The van der Waals surface area contributed by atoms with E-state index in [9.17, 15) is 0 Å². The van der Waals surface area contributed by atoms with Gasteiger partial charge in [-0.3, -0.25) is 4.90 Å². The van der Waals surface area contributed by atoms with E-state index in [1.54, 1.807) is 0 Å². The number of piperidine rings is 3. The standard InChI is InChI=1S/C27H28ClNO/c28-24-14-8-7-13-23(24)19-30-27-22-15-17-29(18-16-22)26(27)25(20-9-3-1-4-10-20)21-11-5-2-6-12-21/h1-14,22,25-27H,15-19H2/t26-,27-/m1/s1. The predicted molar refractivity (Wildman–Crippen MR) is 123 cm³/mol. The molecule has 0 aliphatic carbocycles. The Kier molecular flexibility index (Phi) is 5.90. The van der Waals surface area contributed by atoms with Gasteiger partial charge in [0.05, 0.1) is 12.7 Å². The van der Waals surface area contributed by atoms with Crippen molar-refractivity contribution >= 4 is 11.6 Å². The molecule has 0 radical (unpaired) electrons. The number of ether oxygens (including phenoxy) is 1. The molecule has 0 unspecified atom stereocenters. The molecule has 3 aromatic carbocycles. The number of benzene rings is 3. The van der Waals surface area contributed by atoms with Crippen LogP contribution in [-0.4, -0.2) is 30.1 Å². The maximum Gasteiger partial charge on any atom is 0.0773 e. The second-order valence-corrected chi connectivity index (χ2v) is 8.94. The fourth-order valence-corrected chi connectivity index (χ4v) is 5.57. The van der Waals surface area contributed by atoms with E-state index in [0.29, 0.717) is 24.5 Å². The van der Waals surface area contributed by atoms with Crippen molar-refractivity contribution in [1.29, 1.82) is 0 Å². The normalized spacial score (nSPS) is 25.5. The van der Waals surface area contributed by atoms with Crippen LogP contribution in [0.1, 0.15) is 35.4 Å². The van der Waals surface area contributed by atoms with Gasteiger partial charge in [-0.1, -0.05) is 90.5 Å². The molecule has 3 heteroatoms. The van der Waals surface area contributed by atoms with E-state index in [-0.39, 0.29) is 6.10 Å². The average Bonchev–Trinajstić information content (AvgIpc) is 2.81. The molecule has 2 atom stereocenters. The minimum absolute atomic E-state index is 0.203. The maximum absolute atomic E-state index is 6.69. The molecule has 3 aromatic rings. The van der Waals surface area contributed by atoms with Gasteiger partial charge >= 0.3 is 0 Å². The van der Waals surface area contributed by atoms with Gasteiger partial charge in [0.25, 0.3) is 0 Å². The molecule has 0 spiro atoms. The SMILES string of the molecule is Clc1ccccc1CO[C@@H]1C2CCN(CC2)[C@@H]1C(c1ccccc1)c1ccccc1. The zero-order chi connectivity index (χ0) is 20.3. The van der Waals surface area contributed by atoms with Gasteiger partial charge in [-0.2, -0.15) is 0 Å². The van der Waals surface area contributed by atoms with Crippen LogP contribution in [0.25, 0.3) is 0 Å². The highest BCUT2D eigenvalue weighted by molar-refractivity contribution is 6.31. The van der Waals surface area contributed by atoms with Gasteiger partial charge in [0.2, 0.25) is 0 Å². The number of hydrogen-bond donors (Lipinski definition) is 0. The van der Waals surface area contributed by atoms with Crippen molar-refractivity contribution in [1.82, 2.24) is 4.90 Å². The highest BCUT2D eigenvalue weighted by atomic mass is 35.5. The second-order valence-electron chi connectivity index (χ2n) is 8.53. The minimum atomic E-state index is 0.203. The summed E-state index contributed by atoms with van der Waals surface area (Å²) in [4.78, 5) is 2.67. The summed E-state index contributed by atoms with van der Waals surface area (Å²) >= 11 is 6.42. The van der Waals surface area contributed by atoms with Crippen LogP contribution in [0, 0.1) is 5.92 Å². The van der Waals surface area contributed by atoms with Crippen molar-refractivity contribution in [2.75, 3.05) is 13.1 Å². The molecule has 3 heterocycles. The monoisotopic (exact) mass is 417 g/mol. The van der Waals surface area contributed by atoms with E-state index < -0.39 is 0 Å². The quantitative estimate of drug-likeness (QED) is 0.476. The molecule has 3 fully saturated rings. The Morgan fingerprint density at radius 2 is 1.37 bits per heavy atom. The molecule has 154 valence electrons. The fourth-order valence-electron chi connectivity index (χ4n) is 5.38. The van der Waals surface area contributed by atoms with Crippen LogP contribution < -0.4 is 0 Å². The van der Waals surface area contributed by atoms with Gasteiger partial charge in [-0.05, 0) is 54.6 Å². The number of rotatable bonds is 6. The zero-order valence-electron chi connectivity index (χ0n) is 17.2. The first-order chi connectivity index (χ1) is 14.8. The van der Waals surface area contributed by atoms with Gasteiger partial charge < -0.3 is 4.74 Å². The minimum Gasteiger partial charge on any atom is -0.372 e. The van der Waals surface area contributed by atoms with E-state index >= 15 is 0 Å². The van der Waals surface area contributed by atoms with Gasteiger partial charge in [-0.15, -0.1) is 0 Å². The molecule has 3 saturated heterocycles. The Morgan fingerprint density at radius 3 is 1.97 bits per heavy atom. The van der Waals surface area contributed by atoms with Crippen molar-refractivity contribution in [2.24, 2.45) is 5.92 Å². The molecular weight excluding hydrogens is 390 g/mol. The molecule has 0 aromatic heterocycles. The smallest absolute Gasteiger partial charge is 0.0773 e. The van der Waals surface area contributed by atoms with Crippen molar-refractivity contribution < 1.29 is 4.74 Å². The summed E-state index contributed by atoms with van der Waals surface area (Å²) in [5, 5.41) is 0.790. The predicted octanol–water partition coefficient (Wildman–Crippen LogP) is 6.15. The molecule has 2 nitrogen and oxygen atoms in total. The van der Waals surface area contributed by atoms with E-state index in [4.69, 9.17) is 16.3 Å². The lowest BCUT2D eigenvalue weighted by molar-refractivity contribution is -0.120. The van der Waals surface area contributed by atoms with Crippen LogP contribution in [0.4, 0.5) is 0 Å². The lowest BCUT2D eigenvalue weighted by atomic mass is 9.72. The first-order valence-corrected chi connectivity index (χ1v) is 11.4. The van der Waals surface area contributed by atoms with Crippen LogP contribution in [0.5, 0.6) is 0 Å². The van der Waals surface area contributed by atoms with Crippen LogP contribution in [0.15, 0.2) is 84.9 Å². The molecule has 3 aliphatic heterocycles. The van der Waals surface area contributed by atoms with Crippen molar-refractivity contribution in [3.8, 4) is 0 Å². The van der Waals surface area contributed by atoms with E-state index in [1.807, 2.05) is 18.2 Å². The van der Waals surface area contributed by atoms with E-state index in [2.05, 4.69) is 71.6 Å². The summed E-state index contributed by atoms with van der Waals surface area (Å²) in [5.74, 6) is 0.907. The van der Waals surface area contributed by atoms with Crippen LogP contribution in [0.2, 0.25) is 5.02 Å². The number of fused-ring (bicyclic) bond motifs is 3. The van der Waals surface area contributed by atoms with Gasteiger partial charge in [0.15, 0.2) is 0 Å². The molecule has 3 aliphatic rings. The highest BCUT2D eigenvalue weighted by Gasteiger charge is 2.47. The summed E-state index contributed by atoms with van der Waals surface area (Å²) in [5.41, 5.74) is 3.81. The van der Waals surface area contributed by atoms with E-state index in [1.165, 1.54) is 24.0 Å². The van der Waals surface area contributed by atoms with Gasteiger partial charge in [-0.25, -0.2) is 0 Å². The van der Waals surface area contributed by atoms with Crippen molar-refractivity contribution in [2.45, 2.75) is 37.5 Å². The van der Waals surface area contributed by atoms with E-state index in [0.717, 1.165) is 23.7 Å². The second kappa shape index (κ2) is 8.93. The van der Waals surface area contributed by atoms with Crippen LogP contribution >= 0.6 is 11.6 Å². The third kappa shape index (κ3) is 3.92. The molecule has 0 amide bonds. The lowest BCUT2D eigenvalue weighted by Crippen LogP contribution is -2.60. The topological polar surface area (TPSA) is 12.5 Å². The highest BCUT2D eigenvalue weighted by Crippen LogP contribution is 2.43. The van der Waals surface area contributed by atoms with Gasteiger partial charge in [0, 0.05) is 17.0 Å². The van der Waals surface area contributed by atoms with Crippen molar-refractivity contribution in [3.05, 3.63) is 107 Å². The molecule has 30 heavy (non-hydrogen) atoms. The third-order valence-corrected chi connectivity index (χ3v) is 7.21. The Labute approximate surface area is 184 Å². The largest absolute Gasteiger partial charge is 0.372 e. The average molecular weight is 418 g/mol. The zero-order valence-corrected chi connectivity index (χ0v) is 17.9. The molecular formula is C27H28ClNO. The Bertz CT molecular complexity index is 913. The fraction of sp³-hybridized carbons (Fsp3) is 0.333. The summed E-state index contributed by atoms with van der Waals surface area (Å²) in [6.45, 7) is 2.90. The molecule has 0 saturated carbocycles. The number of nitrogens with zero attached hydrogens (tertiary/aromatic N) is 1. The van der Waals surface area contributed by atoms with Crippen molar-refractivity contribution in [3.63, 3.8) is 0 Å². The Morgan fingerprint density at radius 1 is 0.800 bits per heavy atom. The third-order valence-electron chi connectivity index (χ3n) is 6.85. The summed E-state index contributed by atoms with van der Waals surface area (Å²) < 4.78 is 6.69. The lowest BCUT2D eigenvalue weighted by Gasteiger charge is -2.53. The Balaban J connectivity index is 1.50. The Hall–Kier alpha value is -2.13.